The van der Waals surface area contributed by atoms with Gasteiger partial charge in [-0.05, 0) is 44.2 Å². The number of hydrogen-bond donors (Lipinski definition) is 2. The molecule has 10 heteroatoms. The number of benzene rings is 1. The molecular weight excluding hydrogens is 464 g/mol. The highest BCUT2D eigenvalue weighted by atomic mass is 32.1. The molecule has 2 amide bonds. The number of pyridine rings is 1. The zero-order chi connectivity index (χ0) is 24.5. The van der Waals surface area contributed by atoms with Crippen molar-refractivity contribution < 1.29 is 14.0 Å². The number of thiazole rings is 1. The fraction of sp³-hybridized carbons (Fsp3) is 0.160. The Kier molecular flexibility index (Phi) is 5.87. The van der Waals surface area contributed by atoms with Gasteiger partial charge in [0.25, 0.3) is 5.91 Å². The van der Waals surface area contributed by atoms with E-state index in [-0.39, 0.29) is 17.9 Å². The maximum atomic E-state index is 13.3. The lowest BCUT2D eigenvalue weighted by atomic mass is 10.1. The van der Waals surface area contributed by atoms with E-state index < -0.39 is 0 Å². The first kappa shape index (κ1) is 22.5. The Morgan fingerprint density at radius 1 is 1.06 bits per heavy atom. The number of nitrogens with one attached hydrogen (secondary N) is 2. The molecule has 0 radical (unpaired) electrons. The van der Waals surface area contributed by atoms with E-state index >= 15 is 0 Å². The molecular formula is C25H22N6O3S. The van der Waals surface area contributed by atoms with Crippen LogP contribution in [0.4, 0.5) is 10.8 Å². The van der Waals surface area contributed by atoms with Gasteiger partial charge in [-0.1, -0.05) is 12.1 Å². The summed E-state index contributed by atoms with van der Waals surface area (Å²) < 4.78 is 7.31. The zero-order valence-electron chi connectivity index (χ0n) is 19.3. The van der Waals surface area contributed by atoms with E-state index in [2.05, 4.69) is 20.7 Å². The number of aromatic nitrogens is 4. The number of fused-ring (bicyclic) bond motifs is 1. The molecule has 5 aromatic rings. The van der Waals surface area contributed by atoms with E-state index in [4.69, 9.17) is 9.40 Å². The van der Waals surface area contributed by atoms with Crippen LogP contribution in [0.1, 0.15) is 37.2 Å². The number of hydrogen-bond acceptors (Lipinski definition) is 7. The minimum atomic E-state index is -0.310. The molecule has 0 atom stereocenters. The first-order valence-corrected chi connectivity index (χ1v) is 11.8. The molecule has 0 aliphatic rings. The highest BCUT2D eigenvalue weighted by Crippen LogP contribution is 2.29. The smallest absolute Gasteiger partial charge is 0.258 e. The van der Waals surface area contributed by atoms with Gasteiger partial charge >= 0.3 is 0 Å². The Labute approximate surface area is 204 Å². The molecule has 5 rings (SSSR count). The molecule has 0 saturated heterocycles. The van der Waals surface area contributed by atoms with E-state index in [0.29, 0.717) is 38.9 Å². The second-order valence-corrected chi connectivity index (χ2v) is 9.06. The molecule has 9 nitrogen and oxygen atoms in total. The van der Waals surface area contributed by atoms with Crippen LogP contribution >= 0.6 is 11.3 Å². The minimum Gasteiger partial charge on any atom is -0.463 e. The SMILES string of the molecule is CC(=O)Nc1ccc(-c2csc(NC(=O)c3cc(-c4ccco4)nc4c3cnn4C(C)C)n2)cc1. The second kappa shape index (κ2) is 9.15. The molecule has 0 unspecified atom stereocenters. The number of rotatable bonds is 6. The van der Waals surface area contributed by atoms with Crippen molar-refractivity contribution in [2.75, 3.05) is 10.6 Å². The largest absolute Gasteiger partial charge is 0.463 e. The van der Waals surface area contributed by atoms with Crippen LogP contribution in [0.2, 0.25) is 0 Å². The number of nitrogens with zero attached hydrogens (tertiary/aromatic N) is 4. The molecule has 4 heterocycles. The second-order valence-electron chi connectivity index (χ2n) is 8.20. The van der Waals surface area contributed by atoms with Crippen LogP contribution in [0.15, 0.2) is 64.7 Å². The van der Waals surface area contributed by atoms with Crippen molar-refractivity contribution in [3.8, 4) is 22.7 Å². The van der Waals surface area contributed by atoms with E-state index in [1.165, 1.54) is 18.3 Å². The Morgan fingerprint density at radius 3 is 2.54 bits per heavy atom. The van der Waals surface area contributed by atoms with Crippen LogP contribution in [0.5, 0.6) is 0 Å². The zero-order valence-corrected chi connectivity index (χ0v) is 20.1. The third-order valence-electron chi connectivity index (χ3n) is 5.30. The van der Waals surface area contributed by atoms with Gasteiger partial charge in [0.05, 0.1) is 29.1 Å². The van der Waals surface area contributed by atoms with Gasteiger partial charge in [-0.2, -0.15) is 5.10 Å². The van der Waals surface area contributed by atoms with Crippen LogP contribution in [0.3, 0.4) is 0 Å². The summed E-state index contributed by atoms with van der Waals surface area (Å²) in [5, 5.41) is 13.1. The number of furan rings is 1. The van der Waals surface area contributed by atoms with Crippen molar-refractivity contribution in [2.24, 2.45) is 0 Å². The number of anilines is 2. The van der Waals surface area contributed by atoms with Crippen molar-refractivity contribution in [3.63, 3.8) is 0 Å². The first-order chi connectivity index (χ1) is 16.9. The van der Waals surface area contributed by atoms with Gasteiger partial charge in [-0.15, -0.1) is 11.3 Å². The van der Waals surface area contributed by atoms with E-state index in [9.17, 15) is 9.59 Å². The average molecular weight is 487 g/mol. The topological polar surface area (TPSA) is 115 Å². The van der Waals surface area contributed by atoms with Gasteiger partial charge in [0.1, 0.15) is 5.69 Å². The monoisotopic (exact) mass is 486 g/mol. The summed E-state index contributed by atoms with van der Waals surface area (Å²) >= 11 is 1.33. The first-order valence-electron chi connectivity index (χ1n) is 11.0. The molecule has 0 aliphatic heterocycles. The van der Waals surface area contributed by atoms with Gasteiger partial charge in [0.15, 0.2) is 16.5 Å². The van der Waals surface area contributed by atoms with Gasteiger partial charge in [0.2, 0.25) is 5.91 Å². The predicted octanol–water partition coefficient (Wildman–Crippen LogP) is 5.61. The van der Waals surface area contributed by atoms with E-state index in [1.807, 2.05) is 43.5 Å². The van der Waals surface area contributed by atoms with Crippen LogP contribution < -0.4 is 10.6 Å². The fourth-order valence-corrected chi connectivity index (χ4v) is 4.40. The number of carbonyl (C=O) groups is 2. The highest BCUT2D eigenvalue weighted by molar-refractivity contribution is 7.14. The summed E-state index contributed by atoms with van der Waals surface area (Å²) in [4.78, 5) is 33.8. The van der Waals surface area contributed by atoms with E-state index in [0.717, 1.165) is 11.3 Å². The Hall–Kier alpha value is -4.31. The molecule has 4 aromatic heterocycles. The van der Waals surface area contributed by atoms with E-state index in [1.54, 1.807) is 35.3 Å². The van der Waals surface area contributed by atoms with Crippen LogP contribution in [0.25, 0.3) is 33.7 Å². The lowest BCUT2D eigenvalue weighted by molar-refractivity contribution is -0.114. The van der Waals surface area contributed by atoms with Gasteiger partial charge in [-0.25, -0.2) is 14.6 Å². The average Bonchev–Trinajstić information content (AvgIpc) is 3.59. The summed E-state index contributed by atoms with van der Waals surface area (Å²) in [6, 6.07) is 12.7. The molecule has 1 aromatic carbocycles. The summed E-state index contributed by atoms with van der Waals surface area (Å²) in [5.74, 6) is 0.128. The molecule has 176 valence electrons. The van der Waals surface area contributed by atoms with Gasteiger partial charge in [-0.3, -0.25) is 14.9 Å². The third kappa shape index (κ3) is 4.56. The highest BCUT2D eigenvalue weighted by Gasteiger charge is 2.20. The van der Waals surface area contributed by atoms with Crippen molar-refractivity contribution in [1.82, 2.24) is 19.7 Å². The van der Waals surface area contributed by atoms with Gasteiger partial charge < -0.3 is 9.73 Å². The minimum absolute atomic E-state index is 0.0707. The maximum absolute atomic E-state index is 13.3. The normalized spacial score (nSPS) is 11.2. The standard InChI is InChI=1S/C25H22N6O3S/c1-14(2)31-23-19(12-26-31)18(11-20(28-23)22-5-4-10-34-22)24(33)30-25-29-21(13-35-25)16-6-8-17(9-7-16)27-15(3)32/h4-14H,1-3H3,(H,27,32)(H,29,30,33). The summed E-state index contributed by atoms with van der Waals surface area (Å²) in [5.41, 5.74) is 3.90. The summed E-state index contributed by atoms with van der Waals surface area (Å²) in [6.45, 7) is 5.48. The summed E-state index contributed by atoms with van der Waals surface area (Å²) in [6.07, 6.45) is 3.23. The Morgan fingerprint density at radius 2 is 1.86 bits per heavy atom. The lowest BCUT2D eigenvalue weighted by Gasteiger charge is -2.09. The van der Waals surface area contributed by atoms with Gasteiger partial charge in [0, 0.05) is 29.6 Å². The van der Waals surface area contributed by atoms with Crippen LogP contribution in [-0.2, 0) is 4.79 Å². The van der Waals surface area contributed by atoms with Crippen molar-refractivity contribution >= 4 is 45.0 Å². The molecule has 0 fully saturated rings. The lowest BCUT2D eigenvalue weighted by Crippen LogP contribution is -2.13. The molecule has 0 spiro atoms. The number of carbonyl (C=O) groups excluding carboxylic acids is 2. The molecule has 0 saturated carbocycles. The fourth-order valence-electron chi connectivity index (χ4n) is 3.69. The molecule has 35 heavy (non-hydrogen) atoms. The van der Waals surface area contributed by atoms with Crippen LogP contribution in [-0.4, -0.2) is 31.6 Å². The van der Waals surface area contributed by atoms with Crippen LogP contribution in [0, 0.1) is 0 Å². The third-order valence-corrected chi connectivity index (χ3v) is 6.06. The molecule has 2 N–H and O–H groups in total. The van der Waals surface area contributed by atoms with Crippen molar-refractivity contribution in [2.45, 2.75) is 26.8 Å². The Balaban J connectivity index is 1.44. The van der Waals surface area contributed by atoms with Crippen molar-refractivity contribution in [1.29, 1.82) is 0 Å². The molecule has 0 aliphatic carbocycles. The quantitative estimate of drug-likeness (QED) is 0.323. The molecule has 0 bridgehead atoms. The number of amides is 2. The van der Waals surface area contributed by atoms with Crippen molar-refractivity contribution in [3.05, 3.63) is 65.9 Å². The summed E-state index contributed by atoms with van der Waals surface area (Å²) in [7, 11) is 0. The maximum Gasteiger partial charge on any atom is 0.258 e. The Bertz CT molecular complexity index is 1520. The predicted molar refractivity (Wildman–Crippen MR) is 135 cm³/mol.